The van der Waals surface area contributed by atoms with E-state index in [0.717, 1.165) is 38.5 Å². The molecule has 106 valence electrons. The summed E-state index contributed by atoms with van der Waals surface area (Å²) in [6.45, 7) is 11.6. The summed E-state index contributed by atoms with van der Waals surface area (Å²) in [4.78, 5) is 2.52. The third-order valence-corrected chi connectivity index (χ3v) is 3.80. The lowest BCUT2D eigenvalue weighted by Gasteiger charge is -2.26. The van der Waals surface area contributed by atoms with Crippen molar-refractivity contribution in [2.24, 2.45) is 0 Å². The van der Waals surface area contributed by atoms with Gasteiger partial charge >= 0.3 is 0 Å². The fourth-order valence-corrected chi connectivity index (χ4v) is 2.85. The SMILES string of the molecule is CCN(CCOc1cc(C)cc(C)c1)C1CCNC1. The number of nitrogens with zero attached hydrogens (tertiary/aromatic N) is 1. The minimum atomic E-state index is 0.688. The second-order valence-corrected chi connectivity index (χ2v) is 5.45. The van der Waals surface area contributed by atoms with E-state index in [9.17, 15) is 0 Å². The molecule has 1 heterocycles. The average Bonchev–Trinajstić information content (AvgIpc) is 2.87. The minimum Gasteiger partial charge on any atom is -0.492 e. The van der Waals surface area contributed by atoms with Crippen molar-refractivity contribution in [1.82, 2.24) is 10.2 Å². The zero-order valence-electron chi connectivity index (χ0n) is 12.4. The summed E-state index contributed by atoms with van der Waals surface area (Å²) in [5.41, 5.74) is 2.53. The summed E-state index contributed by atoms with van der Waals surface area (Å²) in [5, 5.41) is 3.43. The molecule has 1 atom stereocenters. The highest BCUT2D eigenvalue weighted by Crippen LogP contribution is 2.16. The van der Waals surface area contributed by atoms with Crippen LogP contribution in [-0.2, 0) is 0 Å². The number of hydrogen-bond acceptors (Lipinski definition) is 3. The van der Waals surface area contributed by atoms with Crippen molar-refractivity contribution in [3.63, 3.8) is 0 Å². The zero-order chi connectivity index (χ0) is 13.7. The number of nitrogens with one attached hydrogen (secondary N) is 1. The Labute approximate surface area is 116 Å². The van der Waals surface area contributed by atoms with Crippen LogP contribution >= 0.6 is 0 Å². The number of benzene rings is 1. The molecule has 1 aromatic carbocycles. The van der Waals surface area contributed by atoms with E-state index in [1.807, 2.05) is 0 Å². The van der Waals surface area contributed by atoms with Crippen LogP contribution in [0.25, 0.3) is 0 Å². The van der Waals surface area contributed by atoms with Crippen LogP contribution in [0.3, 0.4) is 0 Å². The van der Waals surface area contributed by atoms with Gasteiger partial charge in [-0.25, -0.2) is 0 Å². The zero-order valence-corrected chi connectivity index (χ0v) is 12.4. The Hall–Kier alpha value is -1.06. The molecule has 3 heteroatoms. The lowest BCUT2D eigenvalue weighted by atomic mass is 10.1. The lowest BCUT2D eigenvalue weighted by molar-refractivity contribution is 0.174. The fraction of sp³-hybridized carbons (Fsp3) is 0.625. The first kappa shape index (κ1) is 14.4. The Balaban J connectivity index is 1.81. The monoisotopic (exact) mass is 262 g/mol. The molecule has 0 aromatic heterocycles. The van der Waals surface area contributed by atoms with Crippen LogP contribution in [0.1, 0.15) is 24.5 Å². The molecule has 0 aliphatic carbocycles. The van der Waals surface area contributed by atoms with E-state index in [4.69, 9.17) is 4.74 Å². The van der Waals surface area contributed by atoms with Crippen LogP contribution in [0.5, 0.6) is 5.75 Å². The van der Waals surface area contributed by atoms with Crippen LogP contribution in [0.15, 0.2) is 18.2 Å². The van der Waals surface area contributed by atoms with Gasteiger partial charge < -0.3 is 10.1 Å². The highest BCUT2D eigenvalue weighted by molar-refractivity contribution is 5.32. The third kappa shape index (κ3) is 4.22. The van der Waals surface area contributed by atoms with Gasteiger partial charge in [0.2, 0.25) is 0 Å². The van der Waals surface area contributed by atoms with E-state index < -0.39 is 0 Å². The number of likely N-dealkylation sites (N-methyl/N-ethyl adjacent to an activating group) is 1. The predicted octanol–water partition coefficient (Wildman–Crippen LogP) is 2.37. The first-order valence-corrected chi connectivity index (χ1v) is 7.35. The lowest BCUT2D eigenvalue weighted by Crippen LogP contribution is -2.39. The Kier molecular flexibility index (Phi) is 5.23. The van der Waals surface area contributed by atoms with Crippen molar-refractivity contribution in [2.45, 2.75) is 33.2 Å². The summed E-state index contributed by atoms with van der Waals surface area (Å²) in [5.74, 6) is 0.998. The largest absolute Gasteiger partial charge is 0.492 e. The molecular formula is C16H26N2O. The molecule has 0 amide bonds. The van der Waals surface area contributed by atoms with Crippen molar-refractivity contribution in [3.8, 4) is 5.75 Å². The average molecular weight is 262 g/mol. The molecule has 1 unspecified atom stereocenters. The second-order valence-electron chi connectivity index (χ2n) is 5.45. The van der Waals surface area contributed by atoms with Crippen LogP contribution in [0.2, 0.25) is 0 Å². The Morgan fingerprint density at radius 3 is 2.58 bits per heavy atom. The smallest absolute Gasteiger partial charge is 0.119 e. The van der Waals surface area contributed by atoms with Gasteiger partial charge in [-0.2, -0.15) is 0 Å². The molecule has 2 rings (SSSR count). The molecule has 0 bridgehead atoms. The van der Waals surface area contributed by atoms with Crippen LogP contribution in [-0.4, -0.2) is 43.7 Å². The topological polar surface area (TPSA) is 24.5 Å². The Morgan fingerprint density at radius 2 is 2.00 bits per heavy atom. The van der Waals surface area contributed by atoms with Gasteiger partial charge in [0, 0.05) is 19.1 Å². The van der Waals surface area contributed by atoms with Gasteiger partial charge in [0.1, 0.15) is 12.4 Å². The van der Waals surface area contributed by atoms with E-state index in [2.05, 4.69) is 49.2 Å². The molecule has 1 fully saturated rings. The number of rotatable bonds is 6. The number of ether oxygens (including phenoxy) is 1. The first-order chi connectivity index (χ1) is 9.19. The maximum absolute atomic E-state index is 5.90. The molecule has 1 aliphatic heterocycles. The van der Waals surface area contributed by atoms with Crippen molar-refractivity contribution >= 4 is 0 Å². The maximum Gasteiger partial charge on any atom is 0.119 e. The molecule has 0 radical (unpaired) electrons. The standard InChI is InChI=1S/C16H26N2O/c1-4-18(15-5-6-17-12-15)7-8-19-16-10-13(2)9-14(3)11-16/h9-11,15,17H,4-8,12H2,1-3H3. The van der Waals surface area contributed by atoms with Crippen LogP contribution in [0, 0.1) is 13.8 Å². The Bertz CT molecular complexity index is 379. The van der Waals surface area contributed by atoms with E-state index in [-0.39, 0.29) is 0 Å². The minimum absolute atomic E-state index is 0.688. The molecule has 1 saturated heterocycles. The van der Waals surface area contributed by atoms with Gasteiger partial charge in [-0.05, 0) is 56.6 Å². The summed E-state index contributed by atoms with van der Waals surface area (Å²) in [6.07, 6.45) is 1.26. The molecule has 3 nitrogen and oxygen atoms in total. The van der Waals surface area contributed by atoms with Crippen molar-refractivity contribution in [2.75, 3.05) is 32.8 Å². The molecule has 19 heavy (non-hydrogen) atoms. The molecule has 0 saturated carbocycles. The third-order valence-electron chi connectivity index (χ3n) is 3.80. The van der Waals surface area contributed by atoms with E-state index >= 15 is 0 Å². The van der Waals surface area contributed by atoms with Crippen molar-refractivity contribution < 1.29 is 4.74 Å². The van der Waals surface area contributed by atoms with Crippen molar-refractivity contribution in [3.05, 3.63) is 29.3 Å². The predicted molar refractivity (Wildman–Crippen MR) is 79.9 cm³/mol. The highest BCUT2D eigenvalue weighted by Gasteiger charge is 2.20. The summed E-state index contributed by atoms with van der Waals surface area (Å²) in [7, 11) is 0. The Morgan fingerprint density at radius 1 is 1.26 bits per heavy atom. The summed E-state index contributed by atoms with van der Waals surface area (Å²) >= 11 is 0. The van der Waals surface area contributed by atoms with Crippen molar-refractivity contribution in [1.29, 1.82) is 0 Å². The summed E-state index contributed by atoms with van der Waals surface area (Å²) < 4.78 is 5.90. The molecule has 0 spiro atoms. The number of aryl methyl sites for hydroxylation is 2. The van der Waals surface area contributed by atoms with E-state index in [1.165, 1.54) is 17.5 Å². The molecule has 1 N–H and O–H groups in total. The highest BCUT2D eigenvalue weighted by atomic mass is 16.5. The molecular weight excluding hydrogens is 236 g/mol. The summed E-state index contributed by atoms with van der Waals surface area (Å²) in [6, 6.07) is 7.09. The van der Waals surface area contributed by atoms with Crippen LogP contribution in [0.4, 0.5) is 0 Å². The number of hydrogen-bond donors (Lipinski definition) is 1. The van der Waals surface area contributed by atoms with Gasteiger partial charge in [0.25, 0.3) is 0 Å². The normalized spacial score (nSPS) is 19.1. The quantitative estimate of drug-likeness (QED) is 0.852. The molecule has 1 aromatic rings. The molecule has 1 aliphatic rings. The van der Waals surface area contributed by atoms with Gasteiger partial charge in [0.15, 0.2) is 0 Å². The van der Waals surface area contributed by atoms with Crippen LogP contribution < -0.4 is 10.1 Å². The van der Waals surface area contributed by atoms with E-state index in [1.54, 1.807) is 0 Å². The fourth-order valence-electron chi connectivity index (χ4n) is 2.85. The second kappa shape index (κ2) is 6.92. The van der Waals surface area contributed by atoms with Gasteiger partial charge in [-0.1, -0.05) is 13.0 Å². The maximum atomic E-state index is 5.90. The van der Waals surface area contributed by atoms with E-state index in [0.29, 0.717) is 6.04 Å². The van der Waals surface area contributed by atoms with Gasteiger partial charge in [-0.15, -0.1) is 0 Å². The van der Waals surface area contributed by atoms with Gasteiger partial charge in [-0.3, -0.25) is 4.90 Å². The first-order valence-electron chi connectivity index (χ1n) is 7.35. The van der Waals surface area contributed by atoms with Gasteiger partial charge in [0.05, 0.1) is 0 Å².